The molecular weight excluding hydrogens is 338 g/mol. The van der Waals surface area contributed by atoms with Crippen LogP contribution in [0.15, 0.2) is 42.5 Å². The zero-order valence-corrected chi connectivity index (χ0v) is 15.3. The second-order valence-corrected chi connectivity index (χ2v) is 6.51. The van der Waals surface area contributed by atoms with E-state index in [2.05, 4.69) is 0 Å². The number of carbonyl (C=O) groups excluding carboxylic acids is 3. The third kappa shape index (κ3) is 8.98. The molecule has 0 aliphatic heterocycles. The molecule has 0 fully saturated rings. The van der Waals surface area contributed by atoms with Crippen LogP contribution in [0.1, 0.15) is 26.3 Å². The topological polar surface area (TPSA) is 93.1 Å². The van der Waals surface area contributed by atoms with Crippen LogP contribution >= 0.6 is 0 Å². The summed E-state index contributed by atoms with van der Waals surface area (Å²) in [5.74, 6) is -1.89. The molecule has 1 rings (SSSR count). The molecule has 0 aliphatic rings. The van der Waals surface area contributed by atoms with Crippen LogP contribution in [0.3, 0.4) is 0 Å². The number of hydrogen-bond acceptors (Lipinski definition) is 6. The maximum Gasteiger partial charge on any atom is 0.326 e. The van der Waals surface area contributed by atoms with Gasteiger partial charge in [0.05, 0.1) is 6.61 Å². The Balaban J connectivity index is 2.68. The van der Waals surface area contributed by atoms with Crippen molar-refractivity contribution in [3.05, 3.63) is 48.0 Å². The minimum atomic E-state index is -0.708. The van der Waals surface area contributed by atoms with Gasteiger partial charge in [-0.05, 0) is 26.3 Å². The van der Waals surface area contributed by atoms with E-state index in [0.717, 1.165) is 16.5 Å². The van der Waals surface area contributed by atoms with Crippen molar-refractivity contribution in [2.75, 3.05) is 19.7 Å². The van der Waals surface area contributed by atoms with Crippen molar-refractivity contribution in [1.82, 2.24) is 4.90 Å². The number of nitrogens with zero attached hydrogens (tertiary/aromatic N) is 1. The van der Waals surface area contributed by atoms with E-state index in [1.165, 1.54) is 6.08 Å². The fraction of sp³-hybridized carbons (Fsp3) is 0.421. The molecule has 1 N–H and O–H groups in total. The second-order valence-electron chi connectivity index (χ2n) is 6.51. The fourth-order valence-electron chi connectivity index (χ4n) is 1.94. The van der Waals surface area contributed by atoms with Gasteiger partial charge in [-0.25, -0.2) is 0 Å². The predicted molar refractivity (Wildman–Crippen MR) is 94.9 cm³/mol. The summed E-state index contributed by atoms with van der Waals surface area (Å²) in [6, 6.07) is 9.10. The van der Waals surface area contributed by atoms with Crippen LogP contribution in [0.4, 0.5) is 0 Å². The van der Waals surface area contributed by atoms with Gasteiger partial charge in [0.2, 0.25) is 5.91 Å². The molecule has 0 unspecified atom stereocenters. The molecule has 0 aromatic heterocycles. The maximum atomic E-state index is 12.1. The average molecular weight is 363 g/mol. The summed E-state index contributed by atoms with van der Waals surface area (Å²) in [5.41, 5.74) is 0.103. The van der Waals surface area contributed by atoms with Gasteiger partial charge in [0.15, 0.2) is 0 Å². The van der Waals surface area contributed by atoms with Gasteiger partial charge in [-0.1, -0.05) is 36.4 Å². The van der Waals surface area contributed by atoms with Crippen molar-refractivity contribution >= 4 is 17.8 Å². The minimum absolute atomic E-state index is 0.0701. The van der Waals surface area contributed by atoms with Crippen LogP contribution < -0.4 is 0 Å². The molecule has 7 heteroatoms. The zero-order chi connectivity index (χ0) is 19.6. The van der Waals surface area contributed by atoms with E-state index < -0.39 is 36.5 Å². The standard InChI is InChI=1S/C19H25NO6/c1-19(2,3)26-18(24)13-20(16(22)10-7-11-21)12-17(23)25-14-15-8-5-4-6-9-15/h4-10,21H,11-14H2,1-3H3/b10-7+. The number of benzene rings is 1. The van der Waals surface area contributed by atoms with Gasteiger partial charge < -0.3 is 19.5 Å². The largest absolute Gasteiger partial charge is 0.459 e. The highest BCUT2D eigenvalue weighted by Gasteiger charge is 2.23. The fourth-order valence-corrected chi connectivity index (χ4v) is 1.94. The number of amides is 1. The summed E-state index contributed by atoms with van der Waals surface area (Å²) >= 11 is 0. The van der Waals surface area contributed by atoms with Gasteiger partial charge in [-0.3, -0.25) is 14.4 Å². The molecule has 0 saturated carbocycles. The van der Waals surface area contributed by atoms with Crippen molar-refractivity contribution in [3.63, 3.8) is 0 Å². The van der Waals surface area contributed by atoms with Crippen LogP contribution in [-0.4, -0.2) is 53.1 Å². The highest BCUT2D eigenvalue weighted by atomic mass is 16.6. The second kappa shape index (κ2) is 10.4. The predicted octanol–water partition coefficient (Wildman–Crippen LogP) is 1.45. The Kier molecular flexibility index (Phi) is 8.51. The van der Waals surface area contributed by atoms with Crippen LogP contribution in [-0.2, 0) is 30.5 Å². The quantitative estimate of drug-likeness (QED) is 0.555. The molecule has 0 heterocycles. The maximum absolute atomic E-state index is 12.1. The lowest BCUT2D eigenvalue weighted by Gasteiger charge is -2.24. The van der Waals surface area contributed by atoms with Gasteiger partial charge in [-0.15, -0.1) is 0 Å². The van der Waals surface area contributed by atoms with E-state index >= 15 is 0 Å². The highest BCUT2D eigenvalue weighted by Crippen LogP contribution is 2.08. The molecule has 0 radical (unpaired) electrons. The van der Waals surface area contributed by atoms with Crippen molar-refractivity contribution in [1.29, 1.82) is 0 Å². The van der Waals surface area contributed by atoms with Crippen LogP contribution in [0.25, 0.3) is 0 Å². The highest BCUT2D eigenvalue weighted by molar-refractivity contribution is 5.92. The first-order valence-corrected chi connectivity index (χ1v) is 8.19. The summed E-state index contributed by atoms with van der Waals surface area (Å²) in [7, 11) is 0. The molecule has 0 spiro atoms. The van der Waals surface area contributed by atoms with Gasteiger partial charge in [0, 0.05) is 6.08 Å². The van der Waals surface area contributed by atoms with Crippen LogP contribution in [0.2, 0.25) is 0 Å². The van der Waals surface area contributed by atoms with Gasteiger partial charge in [0.25, 0.3) is 0 Å². The smallest absolute Gasteiger partial charge is 0.326 e. The van der Waals surface area contributed by atoms with E-state index in [-0.39, 0.29) is 13.2 Å². The summed E-state index contributed by atoms with van der Waals surface area (Å²) in [6.45, 7) is 4.06. The number of esters is 2. The number of aliphatic hydroxyl groups is 1. The summed E-state index contributed by atoms with van der Waals surface area (Å²) in [6.07, 6.45) is 2.31. The van der Waals surface area contributed by atoms with E-state index in [0.29, 0.717) is 0 Å². The molecule has 1 aromatic rings. The van der Waals surface area contributed by atoms with E-state index in [9.17, 15) is 14.4 Å². The third-order valence-electron chi connectivity index (χ3n) is 2.98. The molecule has 26 heavy (non-hydrogen) atoms. The van der Waals surface area contributed by atoms with Crippen molar-refractivity contribution in [2.45, 2.75) is 33.0 Å². The van der Waals surface area contributed by atoms with Gasteiger partial charge >= 0.3 is 11.9 Å². The number of aliphatic hydroxyl groups excluding tert-OH is 1. The average Bonchev–Trinajstić information content (AvgIpc) is 2.56. The van der Waals surface area contributed by atoms with Crippen molar-refractivity contribution in [2.24, 2.45) is 0 Å². The lowest BCUT2D eigenvalue weighted by atomic mass is 10.2. The number of ether oxygens (including phenoxy) is 2. The first kappa shape index (κ1) is 21.4. The van der Waals surface area contributed by atoms with Crippen LogP contribution in [0.5, 0.6) is 0 Å². The van der Waals surface area contributed by atoms with E-state index in [1.54, 1.807) is 32.9 Å². The Morgan fingerprint density at radius 3 is 2.27 bits per heavy atom. The van der Waals surface area contributed by atoms with E-state index in [4.69, 9.17) is 14.6 Å². The molecule has 0 aliphatic carbocycles. The minimum Gasteiger partial charge on any atom is -0.459 e. The molecular formula is C19H25NO6. The molecule has 0 bridgehead atoms. The summed E-state index contributed by atoms with van der Waals surface area (Å²) < 4.78 is 10.3. The summed E-state index contributed by atoms with van der Waals surface area (Å²) in [5, 5.41) is 8.78. The number of carbonyl (C=O) groups is 3. The van der Waals surface area contributed by atoms with Gasteiger partial charge in [-0.2, -0.15) is 0 Å². The Hall–Kier alpha value is -2.67. The Labute approximate surface area is 153 Å². The Morgan fingerprint density at radius 1 is 1.08 bits per heavy atom. The monoisotopic (exact) mass is 363 g/mol. The molecule has 1 amide bonds. The normalized spacial score (nSPS) is 11.2. The van der Waals surface area contributed by atoms with E-state index in [1.807, 2.05) is 18.2 Å². The Morgan fingerprint density at radius 2 is 1.69 bits per heavy atom. The zero-order valence-electron chi connectivity index (χ0n) is 15.3. The number of hydrogen-bond donors (Lipinski definition) is 1. The number of rotatable bonds is 8. The van der Waals surface area contributed by atoms with Gasteiger partial charge in [0.1, 0.15) is 25.3 Å². The SMILES string of the molecule is CC(C)(C)OC(=O)CN(CC(=O)OCc1ccccc1)C(=O)/C=C/CO. The first-order chi connectivity index (χ1) is 12.2. The molecule has 1 aromatic carbocycles. The summed E-state index contributed by atoms with van der Waals surface area (Å²) in [4.78, 5) is 37.1. The first-order valence-electron chi connectivity index (χ1n) is 8.19. The molecule has 0 saturated heterocycles. The molecule has 142 valence electrons. The lowest BCUT2D eigenvalue weighted by Crippen LogP contribution is -2.41. The Bertz CT molecular complexity index is 633. The molecule has 0 atom stereocenters. The third-order valence-corrected chi connectivity index (χ3v) is 2.98. The lowest BCUT2D eigenvalue weighted by molar-refractivity contribution is -0.160. The van der Waals surface area contributed by atoms with Crippen LogP contribution in [0, 0.1) is 0 Å². The van der Waals surface area contributed by atoms with Crippen molar-refractivity contribution < 1.29 is 29.0 Å². The van der Waals surface area contributed by atoms with Crippen molar-refractivity contribution in [3.8, 4) is 0 Å². The molecule has 7 nitrogen and oxygen atoms in total.